The maximum absolute atomic E-state index is 10.5. The fourth-order valence-electron chi connectivity index (χ4n) is 2.34. The zero-order valence-corrected chi connectivity index (χ0v) is 22.4. The molecule has 5 heteroatoms. The van der Waals surface area contributed by atoms with Crippen LogP contribution in [0.15, 0.2) is 66.8 Å². The molecule has 0 atom stereocenters. The maximum Gasteiger partial charge on any atom is 0.302 e. The van der Waals surface area contributed by atoms with E-state index in [1.807, 2.05) is 56.3 Å². The normalized spacial score (nSPS) is 9.23. The van der Waals surface area contributed by atoms with E-state index in [-0.39, 0.29) is 11.8 Å². The molecule has 2 aromatic rings. The number of methoxy groups -OCH3 is 1. The summed E-state index contributed by atoms with van der Waals surface area (Å²) in [5, 5.41) is 0. The van der Waals surface area contributed by atoms with Crippen LogP contribution >= 0.6 is 0 Å². The van der Waals surface area contributed by atoms with Gasteiger partial charge >= 0.3 is 5.97 Å². The molecule has 0 aliphatic carbocycles. The van der Waals surface area contributed by atoms with Gasteiger partial charge in [0.2, 0.25) is 0 Å². The number of Topliss-reactive ketones (excluding diaryl/α,β-unsaturated/α-hetero) is 1. The lowest BCUT2D eigenvalue weighted by Gasteiger charge is -2.03. The van der Waals surface area contributed by atoms with Gasteiger partial charge in [0.15, 0.2) is 5.78 Å². The van der Waals surface area contributed by atoms with Crippen molar-refractivity contribution in [1.82, 2.24) is 0 Å². The zero-order valence-electron chi connectivity index (χ0n) is 22.4. The minimum absolute atomic E-state index is 0.0648. The van der Waals surface area contributed by atoms with Crippen LogP contribution in [0.5, 0.6) is 5.75 Å². The average molecular weight is 483 g/mol. The Balaban J connectivity index is 0. The molecule has 0 fully saturated rings. The molecular formula is C30H42O5. The first-order chi connectivity index (χ1) is 16.7. The first-order valence-electron chi connectivity index (χ1n) is 11.9. The third kappa shape index (κ3) is 19.7. The quantitative estimate of drug-likeness (QED) is 0.223. The van der Waals surface area contributed by atoms with Gasteiger partial charge < -0.3 is 9.47 Å². The number of allylic oxidation sites excluding steroid dienone is 2. The predicted molar refractivity (Wildman–Crippen MR) is 146 cm³/mol. The van der Waals surface area contributed by atoms with Crippen molar-refractivity contribution in [2.45, 2.75) is 60.8 Å². The summed E-state index contributed by atoms with van der Waals surface area (Å²) in [5.41, 5.74) is 4.18. The van der Waals surface area contributed by atoms with E-state index < -0.39 is 0 Å². The van der Waals surface area contributed by atoms with Gasteiger partial charge in [-0.15, -0.1) is 0 Å². The molecule has 0 heterocycles. The number of ketones is 1. The summed E-state index contributed by atoms with van der Waals surface area (Å²) in [7, 11) is 1.63. The second-order valence-electron chi connectivity index (χ2n) is 7.26. The molecule has 192 valence electrons. The summed E-state index contributed by atoms with van der Waals surface area (Å²) in [6, 6.07) is 16.0. The Labute approximate surface area is 211 Å². The standard InChI is InChI=1S/C12H14O.C11H14O3.C5H8O.C2H6/c1-2-4-11-6-8-12(9-7-11)5-3-10-13;1-9(12)14-8-7-10-3-5-11(13-2)6-4-10;1-4(2)5(3)6;1-2/h3,5-10H,2,4H2,1H3;3-6H,7-8H2,1-2H3;1H2,2-3H3;1-2H3/b5-3+;;;. The highest BCUT2D eigenvalue weighted by Crippen LogP contribution is 2.11. The number of benzene rings is 2. The zero-order chi connectivity index (χ0) is 27.1. The minimum Gasteiger partial charge on any atom is -0.497 e. The van der Waals surface area contributed by atoms with Crippen LogP contribution < -0.4 is 4.74 Å². The van der Waals surface area contributed by atoms with Crippen molar-refractivity contribution in [2.75, 3.05) is 13.7 Å². The maximum atomic E-state index is 10.5. The van der Waals surface area contributed by atoms with Gasteiger partial charge in [-0.25, -0.2) is 0 Å². The third-order valence-corrected chi connectivity index (χ3v) is 4.34. The number of ether oxygens (including phenoxy) is 2. The van der Waals surface area contributed by atoms with Gasteiger partial charge in [0.1, 0.15) is 12.0 Å². The lowest BCUT2D eigenvalue weighted by molar-refractivity contribution is -0.140. The monoisotopic (exact) mass is 482 g/mol. The Morgan fingerprint density at radius 3 is 1.77 bits per heavy atom. The summed E-state index contributed by atoms with van der Waals surface area (Å²) >= 11 is 0. The van der Waals surface area contributed by atoms with Crippen molar-refractivity contribution >= 4 is 24.1 Å². The summed E-state index contributed by atoms with van der Waals surface area (Å²) in [6.07, 6.45) is 7.14. The summed E-state index contributed by atoms with van der Waals surface area (Å²) in [6.45, 7) is 14.6. The van der Waals surface area contributed by atoms with E-state index in [1.165, 1.54) is 31.9 Å². The molecule has 0 spiro atoms. The number of aldehydes is 1. The largest absolute Gasteiger partial charge is 0.497 e. The van der Waals surface area contributed by atoms with E-state index in [4.69, 9.17) is 9.47 Å². The van der Waals surface area contributed by atoms with Crippen LogP contribution in [0.3, 0.4) is 0 Å². The molecular weight excluding hydrogens is 440 g/mol. The number of aryl methyl sites for hydroxylation is 1. The lowest BCUT2D eigenvalue weighted by Crippen LogP contribution is -2.03. The minimum atomic E-state index is -0.237. The second-order valence-corrected chi connectivity index (χ2v) is 7.26. The molecule has 5 nitrogen and oxygen atoms in total. The van der Waals surface area contributed by atoms with E-state index in [0.29, 0.717) is 12.2 Å². The van der Waals surface area contributed by atoms with Gasteiger partial charge in [0.05, 0.1) is 13.7 Å². The van der Waals surface area contributed by atoms with E-state index >= 15 is 0 Å². The highest BCUT2D eigenvalue weighted by molar-refractivity contribution is 5.91. The molecule has 0 N–H and O–H groups in total. The van der Waals surface area contributed by atoms with Crippen LogP contribution in [0.1, 0.15) is 64.7 Å². The van der Waals surface area contributed by atoms with Gasteiger partial charge in [-0.1, -0.05) is 76.2 Å². The second kappa shape index (κ2) is 22.3. The summed E-state index contributed by atoms with van der Waals surface area (Å²) in [5.74, 6) is 0.662. The Kier molecular flexibility index (Phi) is 21.5. The number of hydrogen-bond donors (Lipinski definition) is 0. The van der Waals surface area contributed by atoms with Gasteiger partial charge in [-0.2, -0.15) is 0 Å². The topological polar surface area (TPSA) is 69.7 Å². The average Bonchev–Trinajstić information content (AvgIpc) is 2.86. The summed E-state index contributed by atoms with van der Waals surface area (Å²) < 4.78 is 9.86. The van der Waals surface area contributed by atoms with Gasteiger partial charge in [-0.05, 0) is 60.7 Å². The number of hydrogen-bond acceptors (Lipinski definition) is 5. The van der Waals surface area contributed by atoms with Crippen molar-refractivity contribution < 1.29 is 23.9 Å². The van der Waals surface area contributed by atoms with E-state index in [1.54, 1.807) is 14.0 Å². The highest BCUT2D eigenvalue weighted by atomic mass is 16.5. The first kappa shape index (κ1) is 33.7. The SMILES string of the molecule is C=C(C)C(C)=O.CC.CCCc1ccc(/C=C/C=O)cc1.COc1ccc(CCOC(C)=O)cc1. The van der Waals surface area contributed by atoms with Crippen LogP contribution in [0, 0.1) is 0 Å². The Morgan fingerprint density at radius 1 is 0.886 bits per heavy atom. The van der Waals surface area contributed by atoms with E-state index in [0.717, 1.165) is 36.0 Å². The van der Waals surface area contributed by atoms with Crippen LogP contribution in [0.25, 0.3) is 6.08 Å². The fourth-order valence-corrected chi connectivity index (χ4v) is 2.34. The highest BCUT2D eigenvalue weighted by Gasteiger charge is 1.96. The lowest BCUT2D eigenvalue weighted by atomic mass is 10.1. The number of esters is 1. The van der Waals surface area contributed by atoms with Crippen LogP contribution in [-0.4, -0.2) is 31.8 Å². The van der Waals surface area contributed by atoms with Crippen molar-refractivity contribution in [3.63, 3.8) is 0 Å². The molecule has 2 rings (SSSR count). The van der Waals surface area contributed by atoms with Crippen LogP contribution in [0.2, 0.25) is 0 Å². The molecule has 0 bridgehead atoms. The van der Waals surface area contributed by atoms with Gasteiger partial charge in [0.25, 0.3) is 0 Å². The molecule has 0 saturated carbocycles. The number of carbonyl (C=O) groups is 3. The van der Waals surface area contributed by atoms with Crippen molar-refractivity contribution in [1.29, 1.82) is 0 Å². The Bertz CT molecular complexity index is 866. The molecule has 35 heavy (non-hydrogen) atoms. The molecule has 0 amide bonds. The molecule has 0 aliphatic heterocycles. The van der Waals surface area contributed by atoms with Crippen LogP contribution in [-0.2, 0) is 32.0 Å². The van der Waals surface area contributed by atoms with E-state index in [2.05, 4.69) is 25.6 Å². The van der Waals surface area contributed by atoms with Crippen molar-refractivity contribution in [3.05, 3.63) is 83.4 Å². The van der Waals surface area contributed by atoms with Gasteiger partial charge in [0, 0.05) is 13.3 Å². The first-order valence-corrected chi connectivity index (χ1v) is 11.9. The third-order valence-electron chi connectivity index (χ3n) is 4.34. The molecule has 2 aromatic carbocycles. The van der Waals surface area contributed by atoms with Gasteiger partial charge in [-0.3, -0.25) is 14.4 Å². The number of carbonyl (C=O) groups excluding carboxylic acids is 3. The molecule has 0 aliphatic rings. The summed E-state index contributed by atoms with van der Waals surface area (Å²) in [4.78, 5) is 30.6. The fraction of sp³-hybridized carbons (Fsp3) is 0.367. The predicted octanol–water partition coefficient (Wildman–Crippen LogP) is 6.83. The Hall–Kier alpha value is -3.47. The molecule has 0 aromatic heterocycles. The van der Waals surface area contributed by atoms with Crippen LogP contribution in [0.4, 0.5) is 0 Å². The Morgan fingerprint density at radius 2 is 1.37 bits per heavy atom. The van der Waals surface area contributed by atoms with E-state index in [9.17, 15) is 14.4 Å². The molecule has 0 saturated heterocycles. The molecule has 0 radical (unpaired) electrons. The van der Waals surface area contributed by atoms with Crippen molar-refractivity contribution in [2.24, 2.45) is 0 Å². The molecule has 0 unspecified atom stereocenters. The smallest absolute Gasteiger partial charge is 0.302 e. The van der Waals surface area contributed by atoms with Crippen molar-refractivity contribution in [3.8, 4) is 5.75 Å². The number of rotatable bonds is 9.